The molecule has 1 saturated heterocycles. The van der Waals surface area contributed by atoms with Crippen LogP contribution in [0.3, 0.4) is 0 Å². The highest BCUT2D eigenvalue weighted by atomic mass is 32.2. The van der Waals surface area contributed by atoms with Gasteiger partial charge in [0, 0.05) is 0 Å². The van der Waals surface area contributed by atoms with Gasteiger partial charge in [-0.25, -0.2) is 26.5 Å². The second-order valence-corrected chi connectivity index (χ2v) is 13.5. The maximum Gasteiger partial charge on any atom is 0.242 e. The minimum absolute atomic E-state index is 0.122. The van der Waals surface area contributed by atoms with Gasteiger partial charge in [0.1, 0.15) is 11.1 Å². The van der Waals surface area contributed by atoms with Gasteiger partial charge in [0.2, 0.25) is 26.0 Å². The van der Waals surface area contributed by atoms with E-state index in [1.165, 1.54) is 0 Å². The van der Waals surface area contributed by atoms with E-state index in [0.717, 1.165) is 22.2 Å². The zero-order chi connectivity index (χ0) is 28.6. The number of hydrogen-bond acceptors (Lipinski definition) is 6. The maximum atomic E-state index is 13.5. The lowest BCUT2D eigenvalue weighted by Crippen LogP contribution is -2.31. The summed E-state index contributed by atoms with van der Waals surface area (Å²) in [5.74, 6) is -0.0804. The van der Waals surface area contributed by atoms with Crippen LogP contribution in [0.5, 0.6) is 0 Å². The van der Waals surface area contributed by atoms with Crippen LogP contribution in [-0.4, -0.2) is 32.7 Å². The fourth-order valence-corrected chi connectivity index (χ4v) is 7.62. The van der Waals surface area contributed by atoms with E-state index in [1.54, 1.807) is 48.5 Å². The predicted molar refractivity (Wildman–Crippen MR) is 156 cm³/mol. The van der Waals surface area contributed by atoms with Crippen molar-refractivity contribution in [3.8, 4) is 11.1 Å². The molecule has 0 spiro atoms. The van der Waals surface area contributed by atoms with Crippen LogP contribution in [-0.2, 0) is 31.3 Å². The van der Waals surface area contributed by atoms with Crippen LogP contribution in [0.4, 0.5) is 0 Å². The molecule has 0 bridgehead atoms. The van der Waals surface area contributed by atoms with Crippen LogP contribution in [0.15, 0.2) is 108 Å². The first-order chi connectivity index (χ1) is 19.7. The van der Waals surface area contributed by atoms with E-state index >= 15 is 0 Å². The van der Waals surface area contributed by atoms with Crippen LogP contribution in [0.1, 0.15) is 34.7 Å². The summed E-state index contributed by atoms with van der Waals surface area (Å²) in [4.78, 5) is 19.7. The summed E-state index contributed by atoms with van der Waals surface area (Å²) in [6.45, 7) is 0. The molecule has 4 aromatic carbocycles. The normalized spacial score (nSPS) is 17.4. The molecule has 0 radical (unpaired) electrons. The zero-order valence-corrected chi connectivity index (χ0v) is 23.3. The molecule has 41 heavy (non-hydrogen) atoms. The smallest absolute Gasteiger partial charge is 0.242 e. The van der Waals surface area contributed by atoms with Crippen molar-refractivity contribution in [1.29, 1.82) is 0 Å². The molecular formula is C30H26N4O5S2. The first-order valence-electron chi connectivity index (χ1n) is 12.9. The number of nitrogens with one attached hydrogen (secondary N) is 3. The average Bonchev–Trinajstić information content (AvgIpc) is 3.53. The number of H-pyrrole nitrogens is 1. The van der Waals surface area contributed by atoms with Gasteiger partial charge < -0.3 is 4.98 Å². The second kappa shape index (κ2) is 10.6. The topological polar surface area (TPSA) is 138 Å². The van der Waals surface area contributed by atoms with Crippen molar-refractivity contribution >= 4 is 37.0 Å². The first-order valence-corrected chi connectivity index (χ1v) is 16.0. The SMILES string of the molecule is O=C1C[C@H](c2ccc(C[C@H](NS(=O)(=O)c3ccc(-c4ccccc4)cc3)c3nc4ccccc4[nH]3)cc2)S(=O)(=O)N1. The highest BCUT2D eigenvalue weighted by Crippen LogP contribution is 2.31. The average molecular weight is 587 g/mol. The molecule has 0 unspecified atom stereocenters. The summed E-state index contributed by atoms with van der Waals surface area (Å²) in [6, 6.07) is 29.9. The Morgan fingerprint density at radius 1 is 0.854 bits per heavy atom. The van der Waals surface area contributed by atoms with Crippen LogP contribution >= 0.6 is 0 Å². The summed E-state index contributed by atoms with van der Waals surface area (Å²) in [6.07, 6.45) is 0.113. The molecule has 1 amide bonds. The Morgan fingerprint density at radius 2 is 1.51 bits per heavy atom. The predicted octanol–water partition coefficient (Wildman–Crippen LogP) is 4.38. The number of para-hydroxylation sites is 2. The lowest BCUT2D eigenvalue weighted by Gasteiger charge is -2.18. The Hall–Kier alpha value is -4.32. The van der Waals surface area contributed by atoms with Crippen molar-refractivity contribution in [2.24, 2.45) is 0 Å². The molecule has 2 atom stereocenters. The van der Waals surface area contributed by atoms with E-state index in [-0.39, 0.29) is 17.7 Å². The first kappa shape index (κ1) is 26.9. The van der Waals surface area contributed by atoms with Gasteiger partial charge in [-0.2, -0.15) is 0 Å². The van der Waals surface area contributed by atoms with Crippen molar-refractivity contribution in [3.05, 3.63) is 120 Å². The van der Waals surface area contributed by atoms with Gasteiger partial charge in [-0.05, 0) is 52.9 Å². The summed E-state index contributed by atoms with van der Waals surface area (Å²) in [5, 5.41) is -0.951. The van der Waals surface area contributed by atoms with E-state index in [9.17, 15) is 21.6 Å². The molecule has 1 aromatic heterocycles. The molecule has 0 aliphatic carbocycles. The minimum atomic E-state index is -3.94. The lowest BCUT2D eigenvalue weighted by molar-refractivity contribution is -0.118. The van der Waals surface area contributed by atoms with Crippen molar-refractivity contribution in [2.75, 3.05) is 0 Å². The Labute approximate surface area is 237 Å². The molecule has 3 N–H and O–H groups in total. The van der Waals surface area contributed by atoms with Gasteiger partial charge in [0.15, 0.2) is 0 Å². The van der Waals surface area contributed by atoms with Gasteiger partial charge in [-0.3, -0.25) is 9.52 Å². The van der Waals surface area contributed by atoms with Gasteiger partial charge in [-0.1, -0.05) is 78.9 Å². The highest BCUT2D eigenvalue weighted by Gasteiger charge is 2.37. The summed E-state index contributed by atoms with van der Waals surface area (Å²) < 4.78 is 56.5. The van der Waals surface area contributed by atoms with E-state index in [2.05, 4.69) is 14.7 Å². The largest absolute Gasteiger partial charge is 0.341 e. The summed E-state index contributed by atoms with van der Waals surface area (Å²) >= 11 is 0. The Bertz CT molecular complexity index is 1910. The standard InChI is InChI=1S/C30H26N4O5S2/c35-29-19-28(41(38,39)34-29)23-12-10-20(11-13-23)18-27(30-31-25-8-4-5-9-26(25)32-30)33-40(36,37)24-16-14-22(15-17-24)21-6-2-1-3-7-21/h1-17,27-28,33H,18-19H2,(H,31,32)(H,34,35)/t27-,28+/m0/s1. The number of imidazole rings is 1. The number of nitrogens with zero attached hydrogens (tertiary/aromatic N) is 1. The summed E-state index contributed by atoms with van der Waals surface area (Å²) in [7, 11) is -7.71. The molecule has 5 aromatic rings. The number of sulfonamides is 2. The van der Waals surface area contributed by atoms with Gasteiger partial charge in [0.25, 0.3) is 0 Å². The molecule has 1 fully saturated rings. The van der Waals surface area contributed by atoms with Gasteiger partial charge in [0.05, 0.1) is 28.4 Å². The molecule has 208 valence electrons. The number of carbonyl (C=O) groups excluding carboxylic acids is 1. The van der Waals surface area contributed by atoms with Gasteiger partial charge in [-0.15, -0.1) is 0 Å². The van der Waals surface area contributed by atoms with Crippen molar-refractivity contribution in [3.63, 3.8) is 0 Å². The number of hydrogen-bond donors (Lipinski definition) is 3. The van der Waals surface area contributed by atoms with Crippen molar-refractivity contribution < 1.29 is 21.6 Å². The van der Waals surface area contributed by atoms with Crippen molar-refractivity contribution in [1.82, 2.24) is 19.4 Å². The van der Waals surface area contributed by atoms with Crippen molar-refractivity contribution in [2.45, 2.75) is 29.0 Å². The summed E-state index contributed by atoms with van der Waals surface area (Å²) in [5.41, 5.74) is 4.62. The lowest BCUT2D eigenvalue weighted by atomic mass is 10.0. The number of carbonyl (C=O) groups is 1. The molecule has 1 aliphatic rings. The molecular weight excluding hydrogens is 560 g/mol. The number of benzene rings is 4. The van der Waals surface area contributed by atoms with E-state index in [1.807, 2.05) is 59.3 Å². The maximum absolute atomic E-state index is 13.5. The fourth-order valence-electron chi connectivity index (χ4n) is 4.99. The zero-order valence-electron chi connectivity index (χ0n) is 21.7. The van der Waals surface area contributed by atoms with Crippen LogP contribution in [0.25, 0.3) is 22.2 Å². The monoisotopic (exact) mass is 586 g/mol. The minimum Gasteiger partial charge on any atom is -0.341 e. The quantitative estimate of drug-likeness (QED) is 0.247. The van der Waals surface area contributed by atoms with E-state index < -0.39 is 37.2 Å². The Kier molecular flexibility index (Phi) is 6.94. The third kappa shape index (κ3) is 5.64. The molecule has 2 heterocycles. The Balaban J connectivity index is 1.29. The molecule has 11 heteroatoms. The molecule has 1 aliphatic heterocycles. The van der Waals surface area contributed by atoms with E-state index in [0.29, 0.717) is 16.9 Å². The molecule has 9 nitrogen and oxygen atoms in total. The molecule has 0 saturated carbocycles. The van der Waals surface area contributed by atoms with Gasteiger partial charge >= 0.3 is 0 Å². The van der Waals surface area contributed by atoms with Crippen LogP contribution < -0.4 is 9.44 Å². The fraction of sp³-hybridized carbons (Fsp3) is 0.133. The molecule has 6 rings (SSSR count). The number of rotatable bonds is 8. The number of amides is 1. The third-order valence-corrected chi connectivity index (χ3v) is 10.3. The third-order valence-electron chi connectivity index (χ3n) is 7.10. The van der Waals surface area contributed by atoms with Crippen LogP contribution in [0, 0.1) is 0 Å². The number of aromatic nitrogens is 2. The number of aromatic amines is 1. The van der Waals surface area contributed by atoms with E-state index in [4.69, 9.17) is 0 Å². The van der Waals surface area contributed by atoms with Crippen LogP contribution in [0.2, 0.25) is 0 Å². The second-order valence-electron chi connectivity index (χ2n) is 9.91. The Morgan fingerprint density at radius 3 is 2.17 bits per heavy atom. The highest BCUT2D eigenvalue weighted by molar-refractivity contribution is 7.90. The number of fused-ring (bicyclic) bond motifs is 1.